The molecule has 0 amide bonds. The number of benzene rings is 3. The molecule has 0 aliphatic heterocycles. The molecule has 0 radical (unpaired) electrons. The summed E-state index contributed by atoms with van der Waals surface area (Å²) in [7, 11) is 0. The molecule has 6 heteroatoms. The third-order valence-corrected chi connectivity index (χ3v) is 3.83. The highest BCUT2D eigenvalue weighted by atomic mass is 19.1. The van der Waals surface area contributed by atoms with Crippen molar-refractivity contribution in [1.82, 2.24) is 0 Å². The third-order valence-electron chi connectivity index (χ3n) is 3.83. The molecule has 0 heterocycles. The molecule has 4 nitrogen and oxygen atoms in total. The standard InChI is InChI=1S/C21H16F2O4/c22-19-7-3-1-5-14(19)12-26-17-9-16(21(24)25)10-18(11-17)27-13-15-6-2-4-8-20(15)23/h1-11H,12-13H2,(H,24,25). The van der Waals surface area contributed by atoms with E-state index in [0.29, 0.717) is 11.1 Å². The minimum atomic E-state index is -1.16. The van der Waals surface area contributed by atoms with Crippen molar-refractivity contribution in [3.8, 4) is 11.5 Å². The molecule has 0 aliphatic rings. The van der Waals surface area contributed by atoms with Crippen LogP contribution >= 0.6 is 0 Å². The van der Waals surface area contributed by atoms with Crippen LogP contribution in [0, 0.1) is 11.6 Å². The number of carbonyl (C=O) groups is 1. The number of aromatic carboxylic acids is 1. The summed E-state index contributed by atoms with van der Waals surface area (Å²) in [5, 5.41) is 9.26. The lowest BCUT2D eigenvalue weighted by Gasteiger charge is -2.12. The summed E-state index contributed by atoms with van der Waals surface area (Å²) < 4.78 is 38.4. The highest BCUT2D eigenvalue weighted by Crippen LogP contribution is 2.25. The van der Waals surface area contributed by atoms with Gasteiger partial charge in [-0.15, -0.1) is 0 Å². The van der Waals surface area contributed by atoms with Gasteiger partial charge in [-0.2, -0.15) is 0 Å². The van der Waals surface area contributed by atoms with Gasteiger partial charge in [0.25, 0.3) is 0 Å². The number of carboxylic acids is 1. The molecule has 0 aromatic heterocycles. The summed E-state index contributed by atoms with van der Waals surface area (Å²) in [6.07, 6.45) is 0. The smallest absolute Gasteiger partial charge is 0.335 e. The molecule has 0 saturated carbocycles. The third kappa shape index (κ3) is 4.82. The summed E-state index contributed by atoms with van der Waals surface area (Å²) in [6, 6.07) is 16.4. The van der Waals surface area contributed by atoms with Crippen molar-refractivity contribution in [2.45, 2.75) is 13.2 Å². The van der Waals surface area contributed by atoms with Gasteiger partial charge in [-0.3, -0.25) is 0 Å². The molecule has 1 N–H and O–H groups in total. The summed E-state index contributed by atoms with van der Waals surface area (Å²) in [4.78, 5) is 11.3. The van der Waals surface area contributed by atoms with E-state index in [0.717, 1.165) is 0 Å². The molecule has 27 heavy (non-hydrogen) atoms. The Balaban J connectivity index is 1.77. The van der Waals surface area contributed by atoms with Crippen LogP contribution in [0.25, 0.3) is 0 Å². The zero-order valence-corrected chi connectivity index (χ0v) is 14.2. The molecule has 0 unspecified atom stereocenters. The molecular weight excluding hydrogens is 354 g/mol. The highest BCUT2D eigenvalue weighted by Gasteiger charge is 2.11. The molecule has 3 aromatic carbocycles. The first-order chi connectivity index (χ1) is 13.0. The predicted molar refractivity (Wildman–Crippen MR) is 94.9 cm³/mol. The minimum Gasteiger partial charge on any atom is -0.489 e. The van der Waals surface area contributed by atoms with Gasteiger partial charge in [-0.1, -0.05) is 36.4 Å². The van der Waals surface area contributed by atoms with Crippen molar-refractivity contribution >= 4 is 5.97 Å². The summed E-state index contributed by atoms with van der Waals surface area (Å²) in [5.41, 5.74) is 0.628. The van der Waals surface area contributed by atoms with E-state index in [2.05, 4.69) is 0 Å². The van der Waals surface area contributed by atoms with Gasteiger partial charge < -0.3 is 14.6 Å². The zero-order valence-electron chi connectivity index (χ0n) is 14.2. The van der Waals surface area contributed by atoms with Crippen LogP contribution in [0.1, 0.15) is 21.5 Å². The maximum atomic E-state index is 13.7. The van der Waals surface area contributed by atoms with E-state index in [1.54, 1.807) is 36.4 Å². The quantitative estimate of drug-likeness (QED) is 0.648. The van der Waals surface area contributed by atoms with Crippen molar-refractivity contribution < 1.29 is 28.2 Å². The first-order valence-electron chi connectivity index (χ1n) is 8.14. The Hall–Kier alpha value is -3.41. The lowest BCUT2D eigenvalue weighted by Crippen LogP contribution is -2.03. The monoisotopic (exact) mass is 370 g/mol. The molecule has 0 bridgehead atoms. The van der Waals surface area contributed by atoms with Crippen LogP contribution < -0.4 is 9.47 Å². The molecule has 3 rings (SSSR count). The van der Waals surface area contributed by atoms with Crippen LogP contribution in [0.2, 0.25) is 0 Å². The van der Waals surface area contributed by atoms with Gasteiger partial charge in [0.15, 0.2) is 0 Å². The van der Waals surface area contributed by atoms with Gasteiger partial charge in [0.1, 0.15) is 36.3 Å². The van der Waals surface area contributed by atoms with E-state index in [1.807, 2.05) is 0 Å². The maximum absolute atomic E-state index is 13.7. The summed E-state index contributed by atoms with van der Waals surface area (Å²) >= 11 is 0. The van der Waals surface area contributed by atoms with E-state index in [1.165, 1.54) is 30.3 Å². The second kappa shape index (κ2) is 8.31. The minimum absolute atomic E-state index is 0.0513. The predicted octanol–water partition coefficient (Wildman–Crippen LogP) is 4.82. The maximum Gasteiger partial charge on any atom is 0.335 e. The number of hydrogen-bond donors (Lipinski definition) is 1. The Morgan fingerprint density at radius 2 is 1.22 bits per heavy atom. The number of carboxylic acid groups (broad SMARTS) is 1. The number of hydrogen-bond acceptors (Lipinski definition) is 3. The van der Waals surface area contributed by atoms with Gasteiger partial charge in [-0.05, 0) is 24.3 Å². The Morgan fingerprint density at radius 3 is 1.63 bits per heavy atom. The van der Waals surface area contributed by atoms with E-state index in [-0.39, 0.29) is 30.3 Å². The first-order valence-corrected chi connectivity index (χ1v) is 8.14. The first kappa shape index (κ1) is 18.4. The fraction of sp³-hybridized carbons (Fsp3) is 0.0952. The second-order valence-electron chi connectivity index (χ2n) is 5.76. The Bertz CT molecular complexity index is 889. The lowest BCUT2D eigenvalue weighted by molar-refractivity contribution is 0.0695. The van der Waals surface area contributed by atoms with Crippen LogP contribution in [0.5, 0.6) is 11.5 Å². The zero-order chi connectivity index (χ0) is 19.2. The molecule has 0 fully saturated rings. The van der Waals surface area contributed by atoms with Gasteiger partial charge in [0.2, 0.25) is 0 Å². The van der Waals surface area contributed by atoms with Crippen LogP contribution in [0.15, 0.2) is 66.7 Å². The van der Waals surface area contributed by atoms with Crippen molar-refractivity contribution in [2.24, 2.45) is 0 Å². The van der Waals surface area contributed by atoms with E-state index in [9.17, 15) is 18.7 Å². The molecule has 3 aromatic rings. The number of halogens is 2. The molecule has 0 spiro atoms. The summed E-state index contributed by atoms with van der Waals surface area (Å²) in [5.74, 6) is -1.57. The average molecular weight is 370 g/mol. The molecule has 0 saturated heterocycles. The molecule has 0 aliphatic carbocycles. The number of rotatable bonds is 7. The number of ether oxygens (including phenoxy) is 2. The Labute approximate surface area is 154 Å². The highest BCUT2D eigenvalue weighted by molar-refractivity contribution is 5.88. The van der Waals surface area contributed by atoms with Crippen LogP contribution in [0.3, 0.4) is 0 Å². The van der Waals surface area contributed by atoms with E-state index >= 15 is 0 Å². The van der Waals surface area contributed by atoms with Crippen molar-refractivity contribution in [1.29, 1.82) is 0 Å². The molecular formula is C21H16F2O4. The van der Waals surface area contributed by atoms with Crippen LogP contribution in [0.4, 0.5) is 8.78 Å². The van der Waals surface area contributed by atoms with Gasteiger partial charge in [0, 0.05) is 17.2 Å². The van der Waals surface area contributed by atoms with E-state index in [4.69, 9.17) is 9.47 Å². The fourth-order valence-electron chi connectivity index (χ4n) is 2.41. The van der Waals surface area contributed by atoms with Crippen LogP contribution in [-0.2, 0) is 13.2 Å². The second-order valence-corrected chi connectivity index (χ2v) is 5.76. The van der Waals surface area contributed by atoms with Crippen molar-refractivity contribution in [3.63, 3.8) is 0 Å². The summed E-state index contributed by atoms with van der Waals surface area (Å²) in [6.45, 7) is -0.134. The largest absolute Gasteiger partial charge is 0.489 e. The topological polar surface area (TPSA) is 55.8 Å². The van der Waals surface area contributed by atoms with Crippen molar-refractivity contribution in [2.75, 3.05) is 0 Å². The Morgan fingerprint density at radius 1 is 0.778 bits per heavy atom. The normalized spacial score (nSPS) is 10.4. The molecule has 0 atom stereocenters. The van der Waals surface area contributed by atoms with Gasteiger partial charge in [-0.25, -0.2) is 13.6 Å². The lowest BCUT2D eigenvalue weighted by atomic mass is 10.2. The van der Waals surface area contributed by atoms with Crippen LogP contribution in [-0.4, -0.2) is 11.1 Å². The van der Waals surface area contributed by atoms with Gasteiger partial charge in [0.05, 0.1) is 5.56 Å². The SMILES string of the molecule is O=C(O)c1cc(OCc2ccccc2F)cc(OCc2ccccc2F)c1. The van der Waals surface area contributed by atoms with E-state index < -0.39 is 17.6 Å². The van der Waals surface area contributed by atoms with Crippen molar-refractivity contribution in [3.05, 3.63) is 95.1 Å². The fourth-order valence-corrected chi connectivity index (χ4v) is 2.41. The van der Waals surface area contributed by atoms with Gasteiger partial charge >= 0.3 is 5.97 Å². The molecule has 138 valence electrons. The Kier molecular flexibility index (Phi) is 5.66. The average Bonchev–Trinajstić information content (AvgIpc) is 2.66.